The van der Waals surface area contributed by atoms with Crippen LogP contribution in [0.3, 0.4) is 0 Å². The molecule has 0 aromatic heterocycles. The summed E-state index contributed by atoms with van der Waals surface area (Å²) >= 11 is 0. The van der Waals surface area contributed by atoms with Crippen molar-refractivity contribution in [3.05, 3.63) is 156 Å². The van der Waals surface area contributed by atoms with Crippen molar-refractivity contribution in [1.82, 2.24) is 10.2 Å². The lowest BCUT2D eigenvalue weighted by molar-refractivity contribution is -0.143. The molecule has 0 radical (unpaired) electrons. The number of methoxy groups -OCH3 is 1. The number of rotatable bonds is 15. The van der Waals surface area contributed by atoms with Crippen molar-refractivity contribution < 1.29 is 31.9 Å². The number of ether oxygens (including phenoxy) is 2. The van der Waals surface area contributed by atoms with Crippen LogP contribution in [0.25, 0.3) is 0 Å². The van der Waals surface area contributed by atoms with Crippen molar-refractivity contribution in [3.63, 3.8) is 0 Å². The van der Waals surface area contributed by atoms with E-state index in [1.165, 1.54) is 41.3 Å². The summed E-state index contributed by atoms with van der Waals surface area (Å²) in [7, 11) is -2.39. The summed E-state index contributed by atoms with van der Waals surface area (Å²) in [6.07, 6.45) is 0.620. The summed E-state index contributed by atoms with van der Waals surface area (Å²) in [6.45, 7) is 0.0549. The first-order valence-electron chi connectivity index (χ1n) is 15.5. The van der Waals surface area contributed by atoms with Crippen molar-refractivity contribution in [2.24, 2.45) is 0 Å². The lowest BCUT2D eigenvalue weighted by atomic mass is 10.0. The van der Waals surface area contributed by atoms with E-state index in [4.69, 9.17) is 9.47 Å². The van der Waals surface area contributed by atoms with Crippen LogP contribution < -0.4 is 19.5 Å². The Labute approximate surface area is 285 Å². The van der Waals surface area contributed by atoms with Crippen LogP contribution in [0.15, 0.2) is 138 Å². The second-order valence-electron chi connectivity index (χ2n) is 11.1. The number of carbonyl (C=O) groups is 2. The van der Waals surface area contributed by atoms with Crippen LogP contribution in [0, 0.1) is 5.82 Å². The molecular formula is C38H36FN3O6S. The molecule has 1 atom stereocenters. The van der Waals surface area contributed by atoms with Crippen molar-refractivity contribution >= 4 is 27.5 Å². The number of benzene rings is 5. The number of halogens is 1. The molecule has 0 aliphatic rings. The highest BCUT2D eigenvalue weighted by Crippen LogP contribution is 2.26. The van der Waals surface area contributed by atoms with Crippen molar-refractivity contribution in [2.75, 3.05) is 25.0 Å². The Morgan fingerprint density at radius 1 is 0.755 bits per heavy atom. The molecule has 5 rings (SSSR count). The quantitative estimate of drug-likeness (QED) is 0.137. The molecule has 252 valence electrons. The monoisotopic (exact) mass is 681 g/mol. The first kappa shape index (κ1) is 34.6. The van der Waals surface area contributed by atoms with Gasteiger partial charge in [-0.25, -0.2) is 12.8 Å². The fourth-order valence-corrected chi connectivity index (χ4v) is 6.16. The molecule has 0 heterocycles. The third-order valence-electron chi connectivity index (χ3n) is 7.66. The van der Waals surface area contributed by atoms with Gasteiger partial charge in [0.2, 0.25) is 5.91 Å². The van der Waals surface area contributed by atoms with Gasteiger partial charge < -0.3 is 19.7 Å². The van der Waals surface area contributed by atoms with Gasteiger partial charge in [-0.3, -0.25) is 14.3 Å². The predicted molar refractivity (Wildman–Crippen MR) is 185 cm³/mol. The van der Waals surface area contributed by atoms with E-state index in [2.05, 4.69) is 10.0 Å². The van der Waals surface area contributed by atoms with Gasteiger partial charge in [0.05, 0.1) is 12.0 Å². The van der Waals surface area contributed by atoms with E-state index in [-0.39, 0.29) is 28.8 Å². The fourth-order valence-electron chi connectivity index (χ4n) is 5.11. The van der Waals surface area contributed by atoms with Crippen LogP contribution in [0.5, 0.6) is 11.5 Å². The van der Waals surface area contributed by atoms with Crippen LogP contribution in [-0.4, -0.2) is 45.4 Å². The minimum absolute atomic E-state index is 0.0482. The molecule has 0 aliphatic carbocycles. The van der Waals surface area contributed by atoms with Crippen molar-refractivity contribution in [3.8, 4) is 11.5 Å². The first-order chi connectivity index (χ1) is 23.7. The molecule has 5 aromatic rings. The van der Waals surface area contributed by atoms with Gasteiger partial charge in [0, 0.05) is 18.8 Å². The van der Waals surface area contributed by atoms with Crippen LogP contribution in [0.1, 0.15) is 22.7 Å². The lowest BCUT2D eigenvalue weighted by Gasteiger charge is -2.31. The summed E-state index contributed by atoms with van der Waals surface area (Å²) in [6, 6.07) is 35.6. The smallest absolute Gasteiger partial charge is 0.261 e. The Kier molecular flexibility index (Phi) is 11.6. The number of hydrogen-bond acceptors (Lipinski definition) is 6. The summed E-state index contributed by atoms with van der Waals surface area (Å²) in [5.41, 5.74) is 2.69. The fraction of sp³-hybridized carbons (Fsp3) is 0.158. The molecule has 1 unspecified atom stereocenters. The summed E-state index contributed by atoms with van der Waals surface area (Å²) in [4.78, 5) is 29.3. The molecule has 0 spiro atoms. The normalized spacial score (nSPS) is 11.6. The number of nitrogens with zero attached hydrogens (tertiary/aromatic N) is 1. The van der Waals surface area contributed by atoms with E-state index < -0.39 is 34.4 Å². The molecule has 0 bridgehead atoms. The molecule has 2 N–H and O–H groups in total. The number of hydrogen-bond donors (Lipinski definition) is 2. The maximum Gasteiger partial charge on any atom is 0.261 e. The Morgan fingerprint density at radius 3 is 2.00 bits per heavy atom. The number of carbonyl (C=O) groups excluding carboxylic acids is 2. The number of sulfonamides is 1. The van der Waals surface area contributed by atoms with Gasteiger partial charge >= 0.3 is 0 Å². The Balaban J connectivity index is 1.34. The summed E-state index contributed by atoms with van der Waals surface area (Å²) in [5.74, 6) is -0.381. The highest BCUT2D eigenvalue weighted by molar-refractivity contribution is 7.92. The van der Waals surface area contributed by atoms with Crippen molar-refractivity contribution in [2.45, 2.75) is 23.9 Å². The largest absolute Gasteiger partial charge is 0.497 e. The molecular weight excluding hydrogens is 645 g/mol. The van der Waals surface area contributed by atoms with Gasteiger partial charge in [-0.2, -0.15) is 0 Å². The van der Waals surface area contributed by atoms with Gasteiger partial charge in [0.25, 0.3) is 15.9 Å². The minimum Gasteiger partial charge on any atom is -0.497 e. The zero-order valence-corrected chi connectivity index (χ0v) is 27.6. The molecule has 11 heteroatoms. The Hall–Kier alpha value is -5.68. The van der Waals surface area contributed by atoms with E-state index in [0.29, 0.717) is 24.3 Å². The second-order valence-corrected chi connectivity index (χ2v) is 12.8. The average Bonchev–Trinajstić information content (AvgIpc) is 3.12. The summed E-state index contributed by atoms with van der Waals surface area (Å²) < 4.78 is 52.4. The van der Waals surface area contributed by atoms with Gasteiger partial charge in [-0.1, -0.05) is 72.8 Å². The van der Waals surface area contributed by atoms with Crippen molar-refractivity contribution in [1.29, 1.82) is 0 Å². The predicted octanol–water partition coefficient (Wildman–Crippen LogP) is 6.14. The minimum atomic E-state index is -3.96. The third-order valence-corrected chi connectivity index (χ3v) is 9.05. The topological polar surface area (TPSA) is 114 Å². The standard InChI is InChI=1S/C38H36FN3O6S/c1-47-33-18-12-29(13-19-33)26-42(37(30-10-6-3-7-11-30)38(44)40-25-24-28-8-4-2-5-9-28)36(43)27-48-34-20-22-35(23-21-34)49(45,46)41-32-16-14-31(39)15-17-32/h2-23,37,41H,24-27H2,1H3,(H,40,44). The SMILES string of the molecule is COc1ccc(CN(C(=O)COc2ccc(S(=O)(=O)Nc3ccc(F)cc3)cc2)C(C(=O)NCCc2ccccc2)c2ccccc2)cc1. The van der Waals surface area contributed by atoms with E-state index >= 15 is 0 Å². The number of nitrogens with one attached hydrogen (secondary N) is 2. The molecule has 0 aliphatic heterocycles. The Morgan fingerprint density at radius 2 is 1.37 bits per heavy atom. The molecule has 2 amide bonds. The molecule has 49 heavy (non-hydrogen) atoms. The molecule has 0 fully saturated rings. The van der Waals surface area contributed by atoms with E-state index in [9.17, 15) is 22.4 Å². The van der Waals surface area contributed by atoms with E-state index in [0.717, 1.165) is 23.3 Å². The average molecular weight is 682 g/mol. The van der Waals surface area contributed by atoms with Gasteiger partial charge in [0.15, 0.2) is 6.61 Å². The lowest BCUT2D eigenvalue weighted by Crippen LogP contribution is -2.45. The summed E-state index contributed by atoms with van der Waals surface area (Å²) in [5, 5.41) is 3.01. The van der Waals surface area contributed by atoms with Crippen LogP contribution in [-0.2, 0) is 32.6 Å². The molecule has 5 aromatic carbocycles. The van der Waals surface area contributed by atoms with E-state index in [1.54, 1.807) is 31.4 Å². The maximum atomic E-state index is 14.0. The van der Waals surface area contributed by atoms with Crippen LogP contribution in [0.2, 0.25) is 0 Å². The highest BCUT2D eigenvalue weighted by atomic mass is 32.2. The zero-order chi connectivity index (χ0) is 34.6. The first-order valence-corrected chi connectivity index (χ1v) is 17.0. The molecule has 9 nitrogen and oxygen atoms in total. The van der Waals surface area contributed by atoms with Gasteiger partial charge in [-0.05, 0) is 83.8 Å². The third kappa shape index (κ3) is 9.68. The van der Waals surface area contributed by atoms with Crippen LogP contribution in [0.4, 0.5) is 10.1 Å². The zero-order valence-electron chi connectivity index (χ0n) is 26.8. The highest BCUT2D eigenvalue weighted by Gasteiger charge is 2.32. The van der Waals surface area contributed by atoms with Gasteiger partial charge in [-0.15, -0.1) is 0 Å². The van der Waals surface area contributed by atoms with Gasteiger partial charge in [0.1, 0.15) is 23.4 Å². The number of amides is 2. The molecule has 0 saturated carbocycles. The van der Waals surface area contributed by atoms with Crippen LogP contribution >= 0.6 is 0 Å². The Bertz CT molecular complexity index is 1920. The second kappa shape index (κ2) is 16.4. The van der Waals surface area contributed by atoms with E-state index in [1.807, 2.05) is 60.7 Å². The molecule has 0 saturated heterocycles. The number of anilines is 1. The maximum absolute atomic E-state index is 14.0.